The van der Waals surface area contributed by atoms with Gasteiger partial charge in [-0.15, -0.1) is 6.58 Å². The van der Waals surface area contributed by atoms with Crippen molar-refractivity contribution in [3.8, 4) is 6.07 Å². The number of aromatic nitrogens is 1. The number of alkyl halides is 6. The predicted octanol–water partition coefficient (Wildman–Crippen LogP) is 5.75. The second-order valence-corrected chi connectivity index (χ2v) is 8.08. The Balaban J connectivity index is 0.00000137. The van der Waals surface area contributed by atoms with Crippen LogP contribution in [-0.2, 0) is 12.4 Å². The molecule has 12 heteroatoms. The lowest BCUT2D eigenvalue weighted by Gasteiger charge is -2.40. The van der Waals surface area contributed by atoms with Crippen molar-refractivity contribution in [1.82, 2.24) is 15.2 Å². The predicted molar refractivity (Wildman–Crippen MR) is 123 cm³/mol. The molecular weight excluding hydrogens is 494 g/mol. The number of fused-ring (bicyclic) bond motifs is 1. The highest BCUT2D eigenvalue weighted by atomic mass is 32.1. The van der Waals surface area contributed by atoms with Crippen LogP contribution in [0.4, 0.5) is 26.3 Å². The van der Waals surface area contributed by atoms with Crippen molar-refractivity contribution >= 4 is 28.2 Å². The van der Waals surface area contributed by atoms with E-state index >= 15 is 0 Å². The van der Waals surface area contributed by atoms with Gasteiger partial charge in [-0.25, -0.2) is 4.98 Å². The zero-order valence-electron chi connectivity index (χ0n) is 18.7. The number of pyridine rings is 1. The highest BCUT2D eigenvalue weighted by molar-refractivity contribution is 7.80. The summed E-state index contributed by atoms with van der Waals surface area (Å²) in [6.45, 7) is 5.81. The lowest BCUT2D eigenvalue weighted by Crippen LogP contribution is -2.50. The summed E-state index contributed by atoms with van der Waals surface area (Å²) in [4.78, 5) is 4.94. The number of benzene rings is 1. The van der Waals surface area contributed by atoms with Crippen LogP contribution >= 0.6 is 12.2 Å². The molecular formula is C23H24F6N4OS. The number of hydrogen-bond donors (Lipinski definition) is 2. The largest absolute Gasteiger partial charge is 0.433 e. The monoisotopic (exact) mass is 518 g/mol. The Morgan fingerprint density at radius 2 is 1.97 bits per heavy atom. The van der Waals surface area contributed by atoms with Gasteiger partial charge in [0.05, 0.1) is 23.2 Å². The van der Waals surface area contributed by atoms with Gasteiger partial charge in [0, 0.05) is 25.4 Å². The molecule has 2 N–H and O–H groups in total. The van der Waals surface area contributed by atoms with Gasteiger partial charge in [-0.2, -0.15) is 31.6 Å². The Morgan fingerprint density at radius 1 is 1.31 bits per heavy atom. The Hall–Kier alpha value is -2.91. The summed E-state index contributed by atoms with van der Waals surface area (Å²) in [6, 6.07) is 4.66. The Labute approximate surface area is 204 Å². The molecule has 0 spiro atoms. The minimum Gasteiger partial charge on any atom is -0.386 e. The zero-order chi connectivity index (χ0) is 26.4. The molecule has 1 aliphatic heterocycles. The van der Waals surface area contributed by atoms with Crippen molar-refractivity contribution in [3.05, 3.63) is 53.7 Å². The molecule has 0 radical (unpaired) electrons. The number of nitriles is 1. The molecule has 0 amide bonds. The molecule has 0 saturated carbocycles. The first-order valence-corrected chi connectivity index (χ1v) is 11.0. The molecule has 2 atom stereocenters. The van der Waals surface area contributed by atoms with Crippen LogP contribution in [0.5, 0.6) is 0 Å². The van der Waals surface area contributed by atoms with E-state index in [0.717, 1.165) is 12.5 Å². The first-order valence-electron chi connectivity index (χ1n) is 10.6. The first-order chi connectivity index (χ1) is 16.4. The number of thiocarbonyl (C=S) groups is 1. The van der Waals surface area contributed by atoms with Gasteiger partial charge in [0.15, 0.2) is 5.11 Å². The van der Waals surface area contributed by atoms with Crippen LogP contribution in [0.2, 0.25) is 0 Å². The number of aliphatic hydroxyl groups excluding tert-OH is 1. The molecule has 2 heterocycles. The summed E-state index contributed by atoms with van der Waals surface area (Å²) in [5.41, 5.74) is -3.90. The number of para-hydroxylation sites is 1. The molecule has 2 aromatic rings. The van der Waals surface area contributed by atoms with E-state index in [9.17, 15) is 31.4 Å². The van der Waals surface area contributed by atoms with Gasteiger partial charge in [0.1, 0.15) is 11.8 Å². The van der Waals surface area contributed by atoms with Crippen molar-refractivity contribution in [1.29, 1.82) is 5.26 Å². The van der Waals surface area contributed by atoms with Crippen molar-refractivity contribution in [2.45, 2.75) is 50.7 Å². The van der Waals surface area contributed by atoms with Crippen molar-refractivity contribution in [2.24, 2.45) is 0 Å². The number of nitrogens with one attached hydrogen (secondary N) is 1. The van der Waals surface area contributed by atoms with Gasteiger partial charge in [0.25, 0.3) is 0 Å². The summed E-state index contributed by atoms with van der Waals surface area (Å²) in [5.74, 6) is 0. The van der Waals surface area contributed by atoms with E-state index in [4.69, 9.17) is 17.5 Å². The molecule has 0 aliphatic carbocycles. The van der Waals surface area contributed by atoms with Gasteiger partial charge in [0.2, 0.25) is 0 Å². The Morgan fingerprint density at radius 3 is 2.54 bits per heavy atom. The molecule has 1 fully saturated rings. The number of aliphatic hydroxyl groups is 1. The van der Waals surface area contributed by atoms with Gasteiger partial charge in [-0.1, -0.05) is 18.2 Å². The molecule has 3 rings (SSSR count). The number of nitrogens with zero attached hydrogens (tertiary/aromatic N) is 3. The van der Waals surface area contributed by atoms with Crippen molar-refractivity contribution < 1.29 is 31.4 Å². The first kappa shape index (κ1) is 28.3. The van der Waals surface area contributed by atoms with Crippen LogP contribution in [0, 0.1) is 11.3 Å². The number of hydrogen-bond acceptors (Lipinski definition) is 4. The van der Waals surface area contributed by atoms with Crippen LogP contribution in [0.3, 0.4) is 0 Å². The Kier molecular flexibility index (Phi) is 9.45. The third kappa shape index (κ3) is 6.82. The van der Waals surface area contributed by atoms with Gasteiger partial charge in [-0.05, 0) is 49.2 Å². The van der Waals surface area contributed by atoms with E-state index in [2.05, 4.69) is 16.9 Å². The fraction of sp³-hybridized carbons (Fsp3) is 0.435. The van der Waals surface area contributed by atoms with E-state index in [0.29, 0.717) is 43.2 Å². The van der Waals surface area contributed by atoms with Crippen LogP contribution in [0.15, 0.2) is 36.9 Å². The second kappa shape index (κ2) is 11.7. The lowest BCUT2D eigenvalue weighted by atomic mass is 9.90. The molecule has 1 aromatic carbocycles. The maximum absolute atomic E-state index is 13.5. The molecule has 1 saturated heterocycles. The molecule has 35 heavy (non-hydrogen) atoms. The van der Waals surface area contributed by atoms with Crippen LogP contribution < -0.4 is 5.32 Å². The molecule has 5 nitrogen and oxygen atoms in total. The minimum atomic E-state index is -4.99. The van der Waals surface area contributed by atoms with E-state index in [1.165, 1.54) is 13.0 Å². The van der Waals surface area contributed by atoms with Crippen molar-refractivity contribution in [3.63, 3.8) is 0 Å². The van der Waals surface area contributed by atoms with E-state index in [1.807, 2.05) is 0 Å². The number of halogens is 6. The number of likely N-dealkylation sites (tertiary alicyclic amines) is 1. The quantitative estimate of drug-likeness (QED) is 0.305. The van der Waals surface area contributed by atoms with Gasteiger partial charge >= 0.3 is 12.4 Å². The highest BCUT2D eigenvalue weighted by Crippen LogP contribution is 2.40. The van der Waals surface area contributed by atoms with Crippen molar-refractivity contribution in [2.75, 3.05) is 13.1 Å². The topological polar surface area (TPSA) is 72.2 Å². The van der Waals surface area contributed by atoms with Crippen LogP contribution in [0.1, 0.15) is 49.1 Å². The molecule has 190 valence electrons. The van der Waals surface area contributed by atoms with Gasteiger partial charge < -0.3 is 15.3 Å². The summed E-state index contributed by atoms with van der Waals surface area (Å²) in [5, 5.41) is 21.5. The summed E-state index contributed by atoms with van der Waals surface area (Å²) in [6.07, 6.45) is -8.00. The van der Waals surface area contributed by atoms with Crippen LogP contribution in [-0.4, -0.2) is 39.2 Å². The second-order valence-electron chi connectivity index (χ2n) is 7.69. The summed E-state index contributed by atoms with van der Waals surface area (Å²) in [7, 11) is 0. The van der Waals surface area contributed by atoms with E-state index < -0.39 is 41.3 Å². The number of rotatable bonds is 4. The average molecular weight is 519 g/mol. The van der Waals surface area contributed by atoms with E-state index in [1.54, 1.807) is 17.0 Å². The smallest absolute Gasteiger partial charge is 0.386 e. The highest BCUT2D eigenvalue weighted by Gasteiger charge is 2.39. The summed E-state index contributed by atoms with van der Waals surface area (Å²) >= 11 is 5.35. The minimum absolute atomic E-state index is 0.184. The maximum atomic E-state index is 13.5. The molecule has 1 aliphatic rings. The summed E-state index contributed by atoms with van der Waals surface area (Å²) < 4.78 is 81.0. The SMILES string of the molecule is C=CCNC(=S)N1CCCC[C@H]1[C@H](O)c1cc(C(F)(F)F)nc2c(C(F)(F)F)cccc12.CC#N. The molecule has 0 unspecified atom stereocenters. The Bertz CT molecular complexity index is 1100. The number of piperidine rings is 1. The fourth-order valence-corrected chi connectivity index (χ4v) is 4.21. The zero-order valence-corrected chi connectivity index (χ0v) is 19.6. The standard InChI is InChI=1S/C21H21F6N3OS.C2H3N/c1-2-9-28-19(32)30-10-4-3-8-15(30)18(31)13-11-16(21(25,26)27)29-17-12(13)6-5-7-14(17)20(22,23)24;1-2-3/h2,5-7,11,15,18,31H,1,3-4,8-10H2,(H,28,32);1H3/t15-,18+;/m0./s1. The lowest BCUT2D eigenvalue weighted by molar-refractivity contribution is -0.142. The third-order valence-corrected chi connectivity index (χ3v) is 5.74. The molecule has 1 aromatic heterocycles. The maximum Gasteiger partial charge on any atom is 0.433 e. The molecule has 0 bridgehead atoms. The normalized spacial score (nSPS) is 17.1. The average Bonchev–Trinajstić information content (AvgIpc) is 2.80. The van der Waals surface area contributed by atoms with E-state index in [-0.39, 0.29) is 10.9 Å². The van der Waals surface area contributed by atoms with Crippen LogP contribution in [0.25, 0.3) is 10.9 Å². The third-order valence-electron chi connectivity index (χ3n) is 5.36. The van der Waals surface area contributed by atoms with Gasteiger partial charge in [-0.3, -0.25) is 0 Å². The fourth-order valence-electron chi connectivity index (χ4n) is 3.90.